The van der Waals surface area contributed by atoms with Crippen molar-refractivity contribution in [2.45, 2.75) is 9.79 Å². The van der Waals surface area contributed by atoms with Crippen LogP contribution in [0.1, 0.15) is 31.8 Å². The number of rotatable bonds is 8. The first-order valence-electron chi connectivity index (χ1n) is 8.28. The maximum Gasteiger partial charge on any atom is 0.196 e. The molecule has 0 aromatic heterocycles. The molecular formula is C20H20O4S2. The van der Waals surface area contributed by atoms with Crippen molar-refractivity contribution in [1.29, 1.82) is 0 Å². The highest BCUT2D eigenvalue weighted by atomic mass is 32.2. The Labute approximate surface area is 161 Å². The Bertz CT molecular complexity index is 767. The second-order valence-electron chi connectivity index (χ2n) is 5.70. The predicted molar refractivity (Wildman–Crippen MR) is 105 cm³/mol. The van der Waals surface area contributed by atoms with E-state index in [1.54, 1.807) is 49.9 Å². The Hall–Kier alpha value is -1.60. The lowest BCUT2D eigenvalue weighted by Gasteiger charge is -2.22. The van der Waals surface area contributed by atoms with Crippen LogP contribution in [-0.2, 0) is 9.47 Å². The summed E-state index contributed by atoms with van der Waals surface area (Å²) in [5.41, 5.74) is 2.02. The number of fused-ring (bicyclic) bond motifs is 2. The Morgan fingerprint density at radius 3 is 1.62 bits per heavy atom. The first-order chi connectivity index (χ1) is 12.7. The van der Waals surface area contributed by atoms with E-state index in [1.165, 1.54) is 0 Å². The molecule has 2 aromatic carbocycles. The average Bonchev–Trinajstić information content (AvgIpc) is 2.66. The molecule has 3 rings (SSSR count). The molecule has 0 saturated carbocycles. The molecule has 0 heterocycles. The number of thioether (sulfide) groups is 2. The second kappa shape index (κ2) is 8.86. The van der Waals surface area contributed by atoms with Gasteiger partial charge in [0, 0.05) is 57.8 Å². The minimum absolute atomic E-state index is 0.0735. The zero-order valence-corrected chi connectivity index (χ0v) is 16.4. The predicted octanol–water partition coefficient (Wildman–Crippen LogP) is 3.94. The van der Waals surface area contributed by atoms with Crippen molar-refractivity contribution >= 4 is 35.1 Å². The van der Waals surface area contributed by atoms with Crippen LogP contribution in [0, 0.1) is 0 Å². The van der Waals surface area contributed by atoms with E-state index in [2.05, 4.69) is 0 Å². The Morgan fingerprint density at radius 1 is 0.731 bits per heavy atom. The molecule has 0 radical (unpaired) electrons. The molecule has 0 atom stereocenters. The molecule has 26 heavy (non-hydrogen) atoms. The standard InChI is InChI=1S/C20H20O4S2/c1-23-9-11-25-15-7-3-5-13-17(15)20(22)18-14(19(13)21)6-4-8-16(18)26-12-10-24-2/h3-8H,9-12H2,1-2H3. The number of ether oxygens (including phenoxy) is 2. The summed E-state index contributed by atoms with van der Waals surface area (Å²) in [5, 5.41) is 0. The fraction of sp³-hybridized carbons (Fsp3) is 0.300. The van der Waals surface area contributed by atoms with E-state index in [4.69, 9.17) is 9.47 Å². The van der Waals surface area contributed by atoms with Crippen molar-refractivity contribution in [2.75, 3.05) is 38.9 Å². The Morgan fingerprint density at radius 2 is 1.19 bits per heavy atom. The summed E-state index contributed by atoms with van der Waals surface area (Å²) in [6, 6.07) is 10.9. The topological polar surface area (TPSA) is 52.6 Å². The van der Waals surface area contributed by atoms with Gasteiger partial charge < -0.3 is 9.47 Å². The van der Waals surface area contributed by atoms with Gasteiger partial charge in [0.25, 0.3) is 0 Å². The van der Waals surface area contributed by atoms with E-state index in [-0.39, 0.29) is 11.6 Å². The van der Waals surface area contributed by atoms with Gasteiger partial charge in [-0.25, -0.2) is 0 Å². The number of hydrogen-bond donors (Lipinski definition) is 0. The first-order valence-corrected chi connectivity index (χ1v) is 10.2. The molecule has 0 aliphatic heterocycles. The molecule has 6 heteroatoms. The number of hydrogen-bond acceptors (Lipinski definition) is 6. The smallest absolute Gasteiger partial charge is 0.196 e. The van der Waals surface area contributed by atoms with Crippen LogP contribution in [0.15, 0.2) is 46.2 Å². The summed E-state index contributed by atoms with van der Waals surface area (Å²) in [5.74, 6) is 1.30. The average molecular weight is 389 g/mol. The highest BCUT2D eigenvalue weighted by Crippen LogP contribution is 2.37. The molecular weight excluding hydrogens is 368 g/mol. The van der Waals surface area contributed by atoms with Gasteiger partial charge in [-0.15, -0.1) is 23.5 Å². The van der Waals surface area contributed by atoms with Crippen molar-refractivity contribution in [3.8, 4) is 0 Å². The number of carbonyl (C=O) groups excluding carboxylic acids is 2. The lowest BCUT2D eigenvalue weighted by molar-refractivity contribution is 0.0974. The second-order valence-corrected chi connectivity index (χ2v) is 7.97. The summed E-state index contributed by atoms with van der Waals surface area (Å²) in [7, 11) is 3.30. The molecule has 1 aliphatic rings. The molecule has 2 aromatic rings. The fourth-order valence-electron chi connectivity index (χ4n) is 2.89. The van der Waals surface area contributed by atoms with E-state index in [1.807, 2.05) is 24.3 Å². The third-order valence-corrected chi connectivity index (χ3v) is 6.13. The first kappa shape index (κ1) is 19.2. The maximum atomic E-state index is 13.3. The van der Waals surface area contributed by atoms with Gasteiger partial charge >= 0.3 is 0 Å². The van der Waals surface area contributed by atoms with E-state index < -0.39 is 0 Å². The molecule has 0 saturated heterocycles. The Balaban J connectivity index is 2.02. The molecule has 0 N–H and O–H groups in total. The van der Waals surface area contributed by atoms with E-state index >= 15 is 0 Å². The third-order valence-electron chi connectivity index (χ3n) is 4.09. The van der Waals surface area contributed by atoms with Crippen LogP contribution in [0.3, 0.4) is 0 Å². The van der Waals surface area contributed by atoms with Gasteiger partial charge in [-0.2, -0.15) is 0 Å². The summed E-state index contributed by atoms with van der Waals surface area (Å²) in [6.07, 6.45) is 0. The largest absolute Gasteiger partial charge is 0.384 e. The normalized spacial score (nSPS) is 12.8. The molecule has 0 unspecified atom stereocenters. The summed E-state index contributed by atoms with van der Waals surface area (Å²) in [6.45, 7) is 1.18. The van der Waals surface area contributed by atoms with Crippen molar-refractivity contribution in [2.24, 2.45) is 0 Å². The van der Waals surface area contributed by atoms with Gasteiger partial charge in [-0.1, -0.05) is 24.3 Å². The Kier molecular flexibility index (Phi) is 6.53. The molecule has 0 bridgehead atoms. The van der Waals surface area contributed by atoms with E-state index in [9.17, 15) is 9.59 Å². The van der Waals surface area contributed by atoms with Crippen LogP contribution >= 0.6 is 23.5 Å². The van der Waals surface area contributed by atoms with Gasteiger partial charge in [0.1, 0.15) is 0 Å². The maximum absolute atomic E-state index is 13.3. The summed E-state index contributed by atoms with van der Waals surface area (Å²) in [4.78, 5) is 28.0. The zero-order chi connectivity index (χ0) is 18.5. The van der Waals surface area contributed by atoms with Crippen LogP contribution in [-0.4, -0.2) is 50.5 Å². The van der Waals surface area contributed by atoms with Gasteiger partial charge in [-0.3, -0.25) is 9.59 Å². The van der Waals surface area contributed by atoms with Crippen molar-refractivity contribution in [1.82, 2.24) is 0 Å². The van der Waals surface area contributed by atoms with Crippen LogP contribution < -0.4 is 0 Å². The monoisotopic (exact) mass is 388 g/mol. The van der Waals surface area contributed by atoms with Crippen LogP contribution in [0.4, 0.5) is 0 Å². The van der Waals surface area contributed by atoms with Gasteiger partial charge in [0.05, 0.1) is 13.2 Å². The molecule has 0 spiro atoms. The fourth-order valence-corrected chi connectivity index (χ4v) is 4.87. The SMILES string of the molecule is COCCSc1cccc2c1C(=O)c1c(SCCOC)cccc1C2=O. The molecule has 136 valence electrons. The van der Waals surface area contributed by atoms with Crippen LogP contribution in [0.25, 0.3) is 0 Å². The number of benzene rings is 2. The number of carbonyl (C=O) groups is 2. The minimum atomic E-state index is -0.0852. The molecule has 1 aliphatic carbocycles. The van der Waals surface area contributed by atoms with E-state index in [0.29, 0.717) is 35.5 Å². The van der Waals surface area contributed by atoms with Gasteiger partial charge in [0.2, 0.25) is 0 Å². The number of ketones is 2. The van der Waals surface area contributed by atoms with Crippen molar-refractivity contribution in [3.05, 3.63) is 58.7 Å². The van der Waals surface area contributed by atoms with Gasteiger partial charge in [0.15, 0.2) is 11.6 Å². The quantitative estimate of drug-likeness (QED) is 0.430. The summed E-state index contributed by atoms with van der Waals surface area (Å²) >= 11 is 3.09. The van der Waals surface area contributed by atoms with Gasteiger partial charge in [-0.05, 0) is 12.1 Å². The highest BCUT2D eigenvalue weighted by Gasteiger charge is 2.33. The molecule has 0 amide bonds. The van der Waals surface area contributed by atoms with E-state index in [0.717, 1.165) is 21.3 Å². The third kappa shape index (κ3) is 3.74. The summed E-state index contributed by atoms with van der Waals surface area (Å²) < 4.78 is 10.2. The molecule has 0 fully saturated rings. The minimum Gasteiger partial charge on any atom is -0.384 e. The van der Waals surface area contributed by atoms with Crippen molar-refractivity contribution < 1.29 is 19.1 Å². The van der Waals surface area contributed by atoms with Crippen LogP contribution in [0.5, 0.6) is 0 Å². The lowest BCUT2D eigenvalue weighted by atomic mass is 9.84. The van der Waals surface area contributed by atoms with Crippen LogP contribution in [0.2, 0.25) is 0 Å². The van der Waals surface area contributed by atoms with Crippen molar-refractivity contribution in [3.63, 3.8) is 0 Å². The number of methoxy groups -OCH3 is 2. The molecule has 4 nitrogen and oxygen atoms in total. The highest BCUT2D eigenvalue weighted by molar-refractivity contribution is 7.99. The lowest BCUT2D eigenvalue weighted by Crippen LogP contribution is -2.22. The zero-order valence-electron chi connectivity index (χ0n) is 14.7.